The van der Waals surface area contributed by atoms with E-state index in [0.717, 1.165) is 42.1 Å². The molecule has 1 aromatic heterocycles. The van der Waals surface area contributed by atoms with Gasteiger partial charge in [-0.25, -0.2) is 4.68 Å². The Hall–Kier alpha value is -2.62. The van der Waals surface area contributed by atoms with E-state index in [4.69, 9.17) is 4.74 Å². The molecule has 1 heterocycles. The lowest BCUT2D eigenvalue weighted by molar-refractivity contribution is 0.309. The molecule has 112 valence electrons. The van der Waals surface area contributed by atoms with E-state index in [2.05, 4.69) is 29.4 Å². The maximum absolute atomic E-state index is 5.69. The normalized spacial score (nSPS) is 10.6. The first-order chi connectivity index (χ1) is 10.9. The maximum atomic E-state index is 5.69. The molecule has 0 bridgehead atoms. The van der Waals surface area contributed by atoms with Crippen LogP contribution >= 0.6 is 0 Å². The first-order valence-corrected chi connectivity index (χ1v) is 7.58. The maximum Gasteiger partial charge on any atom is 0.119 e. The molecule has 2 aromatic carbocycles. The van der Waals surface area contributed by atoms with Crippen LogP contribution in [0.4, 0.5) is 0 Å². The van der Waals surface area contributed by atoms with E-state index < -0.39 is 0 Å². The zero-order valence-electron chi connectivity index (χ0n) is 12.6. The minimum absolute atomic E-state index is 0.758. The average Bonchev–Trinajstić information content (AvgIpc) is 3.06. The van der Waals surface area contributed by atoms with Gasteiger partial charge < -0.3 is 4.74 Å². The third-order valence-corrected chi connectivity index (χ3v) is 3.47. The fraction of sp³-hybridized carbons (Fsp3) is 0.222. The second-order valence-corrected chi connectivity index (χ2v) is 5.09. The van der Waals surface area contributed by atoms with E-state index in [1.807, 2.05) is 47.1 Å². The van der Waals surface area contributed by atoms with Crippen molar-refractivity contribution in [1.29, 1.82) is 0 Å². The minimum Gasteiger partial charge on any atom is -0.494 e. The Labute approximate surface area is 130 Å². The predicted octanol–water partition coefficient (Wildman–Crippen LogP) is 4.11. The van der Waals surface area contributed by atoms with Gasteiger partial charge in [0, 0.05) is 5.56 Å². The van der Waals surface area contributed by atoms with Crippen LogP contribution in [0.15, 0.2) is 60.8 Å². The van der Waals surface area contributed by atoms with Crippen molar-refractivity contribution in [2.24, 2.45) is 0 Å². The molecule has 0 unspecified atom stereocenters. The summed E-state index contributed by atoms with van der Waals surface area (Å²) in [6, 6.07) is 18.1. The summed E-state index contributed by atoms with van der Waals surface area (Å²) in [6.07, 6.45) is 3.99. The van der Waals surface area contributed by atoms with Gasteiger partial charge in [0.05, 0.1) is 24.2 Å². The predicted molar refractivity (Wildman–Crippen MR) is 87.2 cm³/mol. The molecule has 0 aliphatic heterocycles. The Morgan fingerprint density at radius 3 is 2.50 bits per heavy atom. The number of hydrogen-bond donors (Lipinski definition) is 0. The largest absolute Gasteiger partial charge is 0.494 e. The van der Waals surface area contributed by atoms with Crippen LogP contribution in [0.2, 0.25) is 0 Å². The molecule has 0 saturated heterocycles. The van der Waals surface area contributed by atoms with E-state index in [9.17, 15) is 0 Å². The summed E-state index contributed by atoms with van der Waals surface area (Å²) in [4.78, 5) is 0. The van der Waals surface area contributed by atoms with Gasteiger partial charge in [-0.1, -0.05) is 48.9 Å². The van der Waals surface area contributed by atoms with Crippen molar-refractivity contribution >= 4 is 0 Å². The molecule has 4 heteroatoms. The van der Waals surface area contributed by atoms with Crippen molar-refractivity contribution in [2.75, 3.05) is 6.61 Å². The fourth-order valence-electron chi connectivity index (χ4n) is 2.25. The summed E-state index contributed by atoms with van der Waals surface area (Å²) >= 11 is 0. The minimum atomic E-state index is 0.758. The number of ether oxygens (including phenoxy) is 1. The molecule has 0 fully saturated rings. The first kappa shape index (κ1) is 14.3. The molecule has 3 rings (SSSR count). The molecule has 4 nitrogen and oxygen atoms in total. The molecule has 0 saturated carbocycles. The zero-order chi connectivity index (χ0) is 15.2. The second-order valence-electron chi connectivity index (χ2n) is 5.09. The van der Waals surface area contributed by atoms with Crippen molar-refractivity contribution in [3.8, 4) is 22.7 Å². The van der Waals surface area contributed by atoms with Gasteiger partial charge in [0.1, 0.15) is 5.75 Å². The van der Waals surface area contributed by atoms with Crippen molar-refractivity contribution in [2.45, 2.75) is 19.8 Å². The summed E-state index contributed by atoms with van der Waals surface area (Å²) < 4.78 is 7.53. The van der Waals surface area contributed by atoms with Gasteiger partial charge in [-0.2, -0.15) is 0 Å². The number of aromatic nitrogens is 3. The molecule has 0 spiro atoms. The molecule has 0 aliphatic carbocycles. The first-order valence-electron chi connectivity index (χ1n) is 7.58. The van der Waals surface area contributed by atoms with E-state index in [1.165, 1.54) is 0 Å². The van der Waals surface area contributed by atoms with Crippen molar-refractivity contribution in [3.63, 3.8) is 0 Å². The summed E-state index contributed by atoms with van der Waals surface area (Å²) in [5, 5.41) is 8.23. The lowest BCUT2D eigenvalue weighted by Crippen LogP contribution is -2.00. The lowest BCUT2D eigenvalue weighted by atomic mass is 10.1. The monoisotopic (exact) mass is 293 g/mol. The molecule has 0 aliphatic rings. The smallest absolute Gasteiger partial charge is 0.119 e. The van der Waals surface area contributed by atoms with Crippen molar-refractivity contribution in [1.82, 2.24) is 15.0 Å². The zero-order valence-corrected chi connectivity index (χ0v) is 12.6. The summed E-state index contributed by atoms with van der Waals surface area (Å²) in [5.41, 5.74) is 3.04. The highest BCUT2D eigenvalue weighted by Crippen LogP contribution is 2.22. The van der Waals surface area contributed by atoms with Gasteiger partial charge in [-0.05, 0) is 30.7 Å². The Morgan fingerprint density at radius 2 is 1.77 bits per heavy atom. The van der Waals surface area contributed by atoms with E-state index in [0.29, 0.717) is 0 Å². The molecule has 0 atom stereocenters. The molecule has 3 aromatic rings. The van der Waals surface area contributed by atoms with Gasteiger partial charge in [0.15, 0.2) is 0 Å². The third-order valence-electron chi connectivity index (χ3n) is 3.47. The van der Waals surface area contributed by atoms with Crippen LogP contribution in [-0.4, -0.2) is 21.6 Å². The van der Waals surface area contributed by atoms with E-state index in [-0.39, 0.29) is 0 Å². The molecule has 22 heavy (non-hydrogen) atoms. The van der Waals surface area contributed by atoms with Crippen molar-refractivity contribution in [3.05, 3.63) is 60.8 Å². The number of hydrogen-bond acceptors (Lipinski definition) is 3. The number of nitrogens with zero attached hydrogens (tertiary/aromatic N) is 3. The topological polar surface area (TPSA) is 39.9 Å². The van der Waals surface area contributed by atoms with E-state index in [1.54, 1.807) is 6.20 Å². The SMILES string of the molecule is CCCCOc1ccc(-n2nncc2-c2ccccc2)cc1. The number of rotatable bonds is 6. The molecular formula is C18H19N3O. The van der Waals surface area contributed by atoms with Crippen LogP contribution in [0.5, 0.6) is 5.75 Å². The second kappa shape index (κ2) is 6.89. The Balaban J connectivity index is 1.82. The van der Waals surface area contributed by atoms with Gasteiger partial charge in [0.2, 0.25) is 0 Å². The van der Waals surface area contributed by atoms with Crippen molar-refractivity contribution < 1.29 is 4.74 Å². The molecular weight excluding hydrogens is 274 g/mol. The standard InChI is InChI=1S/C18H19N3O/c1-2-3-13-22-17-11-9-16(10-12-17)21-18(14-19-20-21)15-7-5-4-6-8-15/h4-12,14H,2-3,13H2,1H3. The average molecular weight is 293 g/mol. The van der Waals surface area contributed by atoms with Crippen LogP contribution in [-0.2, 0) is 0 Å². The summed E-state index contributed by atoms with van der Waals surface area (Å²) in [6.45, 7) is 2.91. The fourth-order valence-corrected chi connectivity index (χ4v) is 2.25. The number of unbranched alkanes of at least 4 members (excludes halogenated alkanes) is 1. The Kier molecular flexibility index (Phi) is 4.49. The van der Waals surface area contributed by atoms with Crippen LogP contribution in [0, 0.1) is 0 Å². The number of benzene rings is 2. The molecule has 0 N–H and O–H groups in total. The highest BCUT2D eigenvalue weighted by molar-refractivity contribution is 5.60. The van der Waals surface area contributed by atoms with Crippen LogP contribution < -0.4 is 4.74 Å². The van der Waals surface area contributed by atoms with E-state index >= 15 is 0 Å². The highest BCUT2D eigenvalue weighted by Gasteiger charge is 2.08. The lowest BCUT2D eigenvalue weighted by Gasteiger charge is -2.08. The van der Waals surface area contributed by atoms with Gasteiger partial charge in [-0.15, -0.1) is 5.10 Å². The molecule has 0 amide bonds. The Bertz CT molecular complexity index is 705. The van der Waals surface area contributed by atoms with Crippen LogP contribution in [0.25, 0.3) is 16.9 Å². The van der Waals surface area contributed by atoms with Gasteiger partial charge >= 0.3 is 0 Å². The van der Waals surface area contributed by atoms with Crippen LogP contribution in [0.1, 0.15) is 19.8 Å². The summed E-state index contributed by atoms with van der Waals surface area (Å²) in [7, 11) is 0. The molecule has 0 radical (unpaired) electrons. The quantitative estimate of drug-likeness (QED) is 0.642. The third kappa shape index (κ3) is 3.17. The van der Waals surface area contributed by atoms with Crippen LogP contribution in [0.3, 0.4) is 0 Å². The highest BCUT2D eigenvalue weighted by atomic mass is 16.5. The van der Waals surface area contributed by atoms with Gasteiger partial charge in [0.25, 0.3) is 0 Å². The Morgan fingerprint density at radius 1 is 1.00 bits per heavy atom. The summed E-state index contributed by atoms with van der Waals surface area (Å²) in [5.74, 6) is 0.888. The van der Waals surface area contributed by atoms with Gasteiger partial charge in [-0.3, -0.25) is 0 Å².